The Balaban J connectivity index is 1.41. The minimum absolute atomic E-state index is 0.00178. The van der Waals surface area contributed by atoms with E-state index in [0.29, 0.717) is 22.8 Å². The molecule has 0 atom stereocenters. The van der Waals surface area contributed by atoms with Gasteiger partial charge in [0, 0.05) is 27.5 Å². The summed E-state index contributed by atoms with van der Waals surface area (Å²) in [5, 5.41) is 5.93. The van der Waals surface area contributed by atoms with Gasteiger partial charge in [-0.3, -0.25) is 0 Å². The van der Waals surface area contributed by atoms with E-state index in [9.17, 15) is 0 Å². The summed E-state index contributed by atoms with van der Waals surface area (Å²) in [4.78, 5) is 14.3. The van der Waals surface area contributed by atoms with Crippen molar-refractivity contribution >= 4 is 43.5 Å². The van der Waals surface area contributed by atoms with Gasteiger partial charge in [-0.15, -0.1) is 0 Å². The number of hydrogen-bond donors (Lipinski definition) is 0. The Morgan fingerprint density at radius 1 is 0.487 bits per heavy atom. The van der Waals surface area contributed by atoms with Crippen LogP contribution in [0.1, 0.15) is 6.85 Å². The van der Waals surface area contributed by atoms with E-state index in [2.05, 4.69) is 12.1 Å². The quantitative estimate of drug-likeness (QED) is 0.241. The van der Waals surface area contributed by atoms with Crippen LogP contribution in [0.4, 0.5) is 0 Å². The lowest BCUT2D eigenvalue weighted by atomic mass is 10.0. The molecule has 0 aliphatic heterocycles. The zero-order valence-corrected chi connectivity index (χ0v) is 20.5. The molecular formula is C35H21N3O. The number of benzene rings is 6. The largest absolute Gasteiger partial charge is 0.456 e. The first-order valence-electron chi connectivity index (χ1n) is 15.0. The molecule has 0 bridgehead atoms. The van der Waals surface area contributed by atoms with Crippen LogP contribution >= 0.6 is 0 Å². The molecule has 0 spiro atoms. The summed E-state index contributed by atoms with van der Waals surface area (Å²) < 4.78 is 48.0. The van der Waals surface area contributed by atoms with Crippen molar-refractivity contribution in [1.82, 2.24) is 15.0 Å². The monoisotopic (exact) mass is 504 g/mol. The van der Waals surface area contributed by atoms with Gasteiger partial charge >= 0.3 is 0 Å². The lowest BCUT2D eigenvalue weighted by Gasteiger charge is -2.10. The fourth-order valence-electron chi connectivity index (χ4n) is 5.12. The topological polar surface area (TPSA) is 51.8 Å². The molecule has 6 aromatic carbocycles. The molecule has 8 rings (SSSR count). The van der Waals surface area contributed by atoms with Crippen LogP contribution in [0.2, 0.25) is 0 Å². The molecule has 0 aliphatic rings. The van der Waals surface area contributed by atoms with Crippen molar-refractivity contribution in [3.05, 3.63) is 127 Å². The molecule has 2 aromatic heterocycles. The van der Waals surface area contributed by atoms with Crippen LogP contribution in [0, 0.1) is 0 Å². The Morgan fingerprint density at radius 2 is 1.15 bits per heavy atom. The van der Waals surface area contributed by atoms with Gasteiger partial charge in [0.2, 0.25) is 0 Å². The fraction of sp³-hybridized carbons (Fsp3) is 0. The number of fused-ring (bicyclic) bond motifs is 5. The zero-order valence-electron chi connectivity index (χ0n) is 25.5. The molecule has 0 aliphatic carbocycles. The van der Waals surface area contributed by atoms with Gasteiger partial charge in [-0.2, -0.15) is 0 Å². The summed E-state index contributed by atoms with van der Waals surface area (Å²) >= 11 is 0. The van der Waals surface area contributed by atoms with Gasteiger partial charge in [-0.05, 0) is 51.9 Å². The van der Waals surface area contributed by atoms with E-state index < -0.39 is 18.1 Å². The average molecular weight is 505 g/mol. The van der Waals surface area contributed by atoms with E-state index in [1.54, 1.807) is 0 Å². The lowest BCUT2D eigenvalue weighted by molar-refractivity contribution is 0.669. The molecule has 39 heavy (non-hydrogen) atoms. The highest BCUT2D eigenvalue weighted by Crippen LogP contribution is 2.35. The minimum Gasteiger partial charge on any atom is -0.456 e. The molecule has 182 valence electrons. The van der Waals surface area contributed by atoms with Gasteiger partial charge in [0.05, 0.1) is 6.85 Å². The van der Waals surface area contributed by atoms with Crippen LogP contribution in [0.15, 0.2) is 132 Å². The van der Waals surface area contributed by atoms with Gasteiger partial charge in [0.15, 0.2) is 17.5 Å². The van der Waals surface area contributed by atoms with Gasteiger partial charge in [-0.1, -0.05) is 96.9 Å². The van der Waals surface area contributed by atoms with Crippen molar-refractivity contribution in [3.63, 3.8) is 0 Å². The Bertz CT molecular complexity index is 2440. The molecule has 0 fully saturated rings. The molecule has 8 aromatic rings. The maximum atomic E-state index is 8.61. The van der Waals surface area contributed by atoms with Gasteiger partial charge in [0.1, 0.15) is 11.2 Å². The van der Waals surface area contributed by atoms with Crippen molar-refractivity contribution in [1.29, 1.82) is 0 Å². The summed E-state index contributed by atoms with van der Waals surface area (Å²) in [5.41, 5.74) is 2.81. The predicted molar refractivity (Wildman–Crippen MR) is 158 cm³/mol. The Labute approximate surface area is 231 Å². The van der Waals surface area contributed by atoms with E-state index in [1.807, 2.05) is 84.9 Å². The van der Waals surface area contributed by atoms with Crippen LogP contribution in [-0.4, -0.2) is 15.0 Å². The van der Waals surface area contributed by atoms with E-state index in [-0.39, 0.29) is 23.5 Å². The highest BCUT2D eigenvalue weighted by atomic mass is 16.3. The Kier molecular flexibility index (Phi) is 3.80. The third kappa shape index (κ3) is 3.65. The summed E-state index contributed by atoms with van der Waals surface area (Å²) in [6, 6.07) is 29.5. The maximum Gasteiger partial charge on any atom is 0.164 e. The Hall–Kier alpha value is -5.35. The average Bonchev–Trinajstić information content (AvgIpc) is 3.41. The van der Waals surface area contributed by atoms with Crippen molar-refractivity contribution in [2.45, 2.75) is 0 Å². The second kappa shape index (κ2) is 8.61. The lowest BCUT2D eigenvalue weighted by Crippen LogP contribution is -2.00. The molecule has 0 amide bonds. The zero-order chi connectivity index (χ0) is 30.1. The number of aromatic nitrogens is 3. The third-order valence-corrected chi connectivity index (χ3v) is 6.99. The molecule has 4 nitrogen and oxygen atoms in total. The first kappa shape index (κ1) is 17.2. The number of rotatable bonds is 3. The van der Waals surface area contributed by atoms with Crippen LogP contribution in [-0.2, 0) is 0 Å². The molecule has 0 radical (unpaired) electrons. The molecule has 2 heterocycles. The number of furan rings is 1. The van der Waals surface area contributed by atoms with Crippen LogP contribution < -0.4 is 0 Å². The van der Waals surface area contributed by atoms with Crippen molar-refractivity contribution in [3.8, 4) is 34.2 Å². The standard InChI is InChI=1S/C35H21N3O/c1-2-10-23(11-3-1)33-36-34(38-35(37-33)28-16-8-14-22-9-6-7-15-27(22)28)26-17-18-31-29(20-26)30-19-24-12-4-5-13-25(24)21-32(30)39-31/h1-21H/i1D,2D,3D,10D,11D. The number of hydrogen-bond acceptors (Lipinski definition) is 4. The second-order valence-corrected chi connectivity index (χ2v) is 9.34. The van der Waals surface area contributed by atoms with Crippen LogP contribution in [0.25, 0.3) is 77.6 Å². The first-order chi connectivity index (χ1) is 21.4. The van der Waals surface area contributed by atoms with Crippen molar-refractivity contribution in [2.75, 3.05) is 0 Å². The van der Waals surface area contributed by atoms with Gasteiger partial charge < -0.3 is 4.42 Å². The molecule has 0 saturated heterocycles. The molecule has 0 unspecified atom stereocenters. The van der Waals surface area contributed by atoms with Crippen molar-refractivity contribution in [2.24, 2.45) is 0 Å². The van der Waals surface area contributed by atoms with E-state index >= 15 is 0 Å². The summed E-state index contributed by atoms with van der Waals surface area (Å²) in [6.07, 6.45) is 0. The second-order valence-electron chi connectivity index (χ2n) is 9.34. The van der Waals surface area contributed by atoms with Crippen LogP contribution in [0.5, 0.6) is 0 Å². The molecule has 0 saturated carbocycles. The smallest absolute Gasteiger partial charge is 0.164 e. The summed E-state index contributed by atoms with van der Waals surface area (Å²) in [5.74, 6) is 0.636. The first-order valence-corrected chi connectivity index (χ1v) is 12.5. The highest BCUT2D eigenvalue weighted by molar-refractivity contribution is 6.10. The van der Waals surface area contributed by atoms with E-state index in [4.69, 9.17) is 26.2 Å². The fourth-order valence-corrected chi connectivity index (χ4v) is 5.12. The van der Waals surface area contributed by atoms with Gasteiger partial charge in [0.25, 0.3) is 0 Å². The summed E-state index contributed by atoms with van der Waals surface area (Å²) in [7, 11) is 0. The maximum absolute atomic E-state index is 8.61. The highest BCUT2D eigenvalue weighted by Gasteiger charge is 2.16. The molecule has 0 N–H and O–H groups in total. The van der Waals surface area contributed by atoms with Crippen molar-refractivity contribution < 1.29 is 11.3 Å². The SMILES string of the molecule is [2H]c1c([2H])c([2H])c(-c2nc(-c3ccc4oc5cc6ccccc6cc5c4c3)nc(-c3cccc4ccccc34)n2)c([2H])c1[2H]. The minimum atomic E-state index is -0.475. The summed E-state index contributed by atoms with van der Waals surface area (Å²) in [6.45, 7) is 0. The number of nitrogens with zero attached hydrogens (tertiary/aromatic N) is 3. The van der Waals surface area contributed by atoms with Crippen LogP contribution in [0.3, 0.4) is 0 Å². The molecule has 4 heteroatoms. The third-order valence-electron chi connectivity index (χ3n) is 6.99. The van der Waals surface area contributed by atoms with E-state index in [1.165, 1.54) is 0 Å². The van der Waals surface area contributed by atoms with E-state index in [0.717, 1.165) is 43.5 Å². The Morgan fingerprint density at radius 3 is 2.00 bits per heavy atom. The normalized spacial score (nSPS) is 13.4. The molecular weight excluding hydrogens is 478 g/mol. The van der Waals surface area contributed by atoms with Gasteiger partial charge in [-0.25, -0.2) is 15.0 Å². The predicted octanol–water partition coefficient (Wildman–Crippen LogP) is 9.08.